The molecule has 5 nitrogen and oxygen atoms in total. The van der Waals surface area contributed by atoms with E-state index in [-0.39, 0.29) is 29.7 Å². The lowest BCUT2D eigenvalue weighted by atomic mass is 9.82. The van der Waals surface area contributed by atoms with E-state index < -0.39 is 0 Å². The van der Waals surface area contributed by atoms with E-state index in [1.165, 1.54) is 10.5 Å². The van der Waals surface area contributed by atoms with Gasteiger partial charge in [0.15, 0.2) is 0 Å². The van der Waals surface area contributed by atoms with E-state index in [0.717, 1.165) is 11.3 Å². The minimum atomic E-state index is -0.247. The summed E-state index contributed by atoms with van der Waals surface area (Å²) in [6.07, 6.45) is 8.84. The number of carbonyl (C=O) groups is 2. The minimum Gasteiger partial charge on any atom is -0.306 e. The number of carbonyl (C=O) groups excluding carboxylic acids is 2. The van der Waals surface area contributed by atoms with E-state index in [2.05, 4.69) is 11.1 Å². The molecule has 1 aromatic heterocycles. The number of imidazole rings is 1. The van der Waals surface area contributed by atoms with Crippen LogP contribution in [-0.4, -0.2) is 26.3 Å². The summed E-state index contributed by atoms with van der Waals surface area (Å²) >= 11 is 0. The van der Waals surface area contributed by atoms with Gasteiger partial charge >= 0.3 is 0 Å². The summed E-state index contributed by atoms with van der Waals surface area (Å²) in [6, 6.07) is 7.68. The predicted molar refractivity (Wildman–Crippen MR) is 93.8 cm³/mol. The van der Waals surface area contributed by atoms with Crippen LogP contribution in [0.15, 0.2) is 54.6 Å². The molecule has 3 unspecified atom stereocenters. The number of amides is 2. The SMILES string of the molecule is CC1=CCC2C(=O)N(C(C)c3ccc(-n4ccnc4)cc3)C(=O)C2C1. The Balaban J connectivity index is 1.58. The third-order valence-corrected chi connectivity index (χ3v) is 5.42. The van der Waals surface area contributed by atoms with Gasteiger partial charge in [0.25, 0.3) is 0 Å². The molecule has 2 aliphatic rings. The molecule has 3 atom stereocenters. The Bertz CT molecular complexity index is 836. The van der Waals surface area contributed by atoms with Crippen molar-refractivity contribution in [1.82, 2.24) is 14.5 Å². The molecule has 1 saturated heterocycles. The number of hydrogen-bond donors (Lipinski definition) is 0. The van der Waals surface area contributed by atoms with E-state index in [1.807, 2.05) is 48.9 Å². The monoisotopic (exact) mass is 335 g/mol. The van der Waals surface area contributed by atoms with Crippen LogP contribution in [-0.2, 0) is 9.59 Å². The van der Waals surface area contributed by atoms with Crippen molar-refractivity contribution in [3.8, 4) is 5.69 Å². The molecule has 2 aromatic rings. The van der Waals surface area contributed by atoms with E-state index in [9.17, 15) is 9.59 Å². The zero-order chi connectivity index (χ0) is 17.6. The summed E-state index contributed by atoms with van der Waals surface area (Å²) in [5.41, 5.74) is 3.18. The molecular formula is C20H21N3O2. The highest BCUT2D eigenvalue weighted by atomic mass is 16.2. The van der Waals surface area contributed by atoms with Crippen LogP contribution in [0.5, 0.6) is 0 Å². The molecule has 1 aliphatic carbocycles. The molecule has 1 aromatic carbocycles. The van der Waals surface area contributed by atoms with E-state index in [4.69, 9.17) is 0 Å². The smallest absolute Gasteiger partial charge is 0.233 e. The summed E-state index contributed by atoms with van der Waals surface area (Å²) in [5.74, 6) is -0.396. The molecule has 25 heavy (non-hydrogen) atoms. The van der Waals surface area contributed by atoms with Gasteiger partial charge in [-0.2, -0.15) is 0 Å². The lowest BCUT2D eigenvalue weighted by molar-refractivity contribution is -0.142. The van der Waals surface area contributed by atoms with Crippen molar-refractivity contribution in [3.63, 3.8) is 0 Å². The van der Waals surface area contributed by atoms with Gasteiger partial charge in [0, 0.05) is 18.1 Å². The average molecular weight is 335 g/mol. The zero-order valence-corrected chi connectivity index (χ0v) is 14.4. The van der Waals surface area contributed by atoms with Gasteiger partial charge in [-0.3, -0.25) is 14.5 Å². The third kappa shape index (κ3) is 2.60. The summed E-state index contributed by atoms with van der Waals surface area (Å²) in [6.45, 7) is 3.97. The number of likely N-dealkylation sites (tertiary alicyclic amines) is 1. The second-order valence-corrected chi connectivity index (χ2v) is 6.99. The number of fused-ring (bicyclic) bond motifs is 1. The number of hydrogen-bond acceptors (Lipinski definition) is 3. The highest BCUT2D eigenvalue weighted by molar-refractivity contribution is 6.05. The zero-order valence-electron chi connectivity index (χ0n) is 14.4. The number of allylic oxidation sites excluding steroid dienone is 2. The second kappa shape index (κ2) is 5.99. The van der Waals surface area contributed by atoms with Crippen molar-refractivity contribution in [1.29, 1.82) is 0 Å². The van der Waals surface area contributed by atoms with Gasteiger partial charge in [-0.25, -0.2) is 4.98 Å². The van der Waals surface area contributed by atoms with Crippen LogP contribution in [0.3, 0.4) is 0 Å². The topological polar surface area (TPSA) is 55.2 Å². The van der Waals surface area contributed by atoms with E-state index in [1.54, 1.807) is 12.5 Å². The summed E-state index contributed by atoms with van der Waals surface area (Å²) in [7, 11) is 0. The fourth-order valence-electron chi connectivity index (χ4n) is 3.93. The molecule has 2 heterocycles. The molecule has 0 bridgehead atoms. The molecule has 0 radical (unpaired) electrons. The Kier molecular flexibility index (Phi) is 3.79. The normalized spacial score (nSPS) is 24.2. The molecular weight excluding hydrogens is 314 g/mol. The average Bonchev–Trinajstić information content (AvgIpc) is 3.23. The third-order valence-electron chi connectivity index (χ3n) is 5.42. The first-order valence-electron chi connectivity index (χ1n) is 8.67. The number of nitrogens with zero attached hydrogens (tertiary/aromatic N) is 3. The molecule has 2 amide bonds. The quantitative estimate of drug-likeness (QED) is 0.639. The Labute approximate surface area is 147 Å². The molecule has 128 valence electrons. The van der Waals surface area contributed by atoms with Crippen LogP contribution < -0.4 is 0 Å². The maximum atomic E-state index is 12.8. The van der Waals surface area contributed by atoms with Crippen molar-refractivity contribution in [2.75, 3.05) is 0 Å². The van der Waals surface area contributed by atoms with Gasteiger partial charge < -0.3 is 4.57 Å². The highest BCUT2D eigenvalue weighted by Gasteiger charge is 2.49. The van der Waals surface area contributed by atoms with Crippen molar-refractivity contribution in [2.45, 2.75) is 32.7 Å². The van der Waals surface area contributed by atoms with Gasteiger partial charge in [-0.05, 0) is 44.4 Å². The van der Waals surface area contributed by atoms with E-state index in [0.29, 0.717) is 12.8 Å². The van der Waals surface area contributed by atoms with Crippen LogP contribution in [0.4, 0.5) is 0 Å². The highest BCUT2D eigenvalue weighted by Crippen LogP contribution is 2.41. The van der Waals surface area contributed by atoms with Crippen molar-refractivity contribution < 1.29 is 9.59 Å². The molecule has 0 saturated carbocycles. The summed E-state index contributed by atoms with van der Waals surface area (Å²) in [4.78, 5) is 31.1. The van der Waals surface area contributed by atoms with Crippen molar-refractivity contribution in [2.24, 2.45) is 11.8 Å². The Morgan fingerprint density at radius 1 is 1.12 bits per heavy atom. The largest absolute Gasteiger partial charge is 0.306 e. The number of rotatable bonds is 3. The molecule has 5 heteroatoms. The van der Waals surface area contributed by atoms with Crippen molar-refractivity contribution >= 4 is 11.8 Å². The molecule has 0 N–H and O–H groups in total. The first-order valence-corrected chi connectivity index (χ1v) is 8.67. The Morgan fingerprint density at radius 2 is 1.84 bits per heavy atom. The maximum Gasteiger partial charge on any atom is 0.233 e. The van der Waals surface area contributed by atoms with Crippen LogP contribution >= 0.6 is 0 Å². The molecule has 1 aliphatic heterocycles. The summed E-state index contributed by atoms with van der Waals surface area (Å²) in [5, 5.41) is 0. The second-order valence-electron chi connectivity index (χ2n) is 6.99. The number of aromatic nitrogens is 2. The molecule has 4 rings (SSSR count). The van der Waals surface area contributed by atoms with Gasteiger partial charge in [0.1, 0.15) is 0 Å². The van der Waals surface area contributed by atoms with Gasteiger partial charge in [0.2, 0.25) is 11.8 Å². The Hall–Kier alpha value is -2.69. The first kappa shape index (κ1) is 15.8. The van der Waals surface area contributed by atoms with Gasteiger partial charge in [-0.1, -0.05) is 23.8 Å². The molecule has 0 spiro atoms. The first-order chi connectivity index (χ1) is 12.1. The van der Waals surface area contributed by atoms with Crippen LogP contribution in [0, 0.1) is 11.8 Å². The van der Waals surface area contributed by atoms with Crippen LogP contribution in [0.25, 0.3) is 5.69 Å². The maximum absolute atomic E-state index is 12.8. The van der Waals surface area contributed by atoms with Crippen molar-refractivity contribution in [3.05, 3.63) is 60.2 Å². The Morgan fingerprint density at radius 3 is 2.52 bits per heavy atom. The lowest BCUT2D eigenvalue weighted by Gasteiger charge is -2.24. The lowest BCUT2D eigenvalue weighted by Crippen LogP contribution is -2.33. The van der Waals surface area contributed by atoms with E-state index >= 15 is 0 Å². The number of benzene rings is 1. The van der Waals surface area contributed by atoms with Gasteiger partial charge in [-0.15, -0.1) is 0 Å². The predicted octanol–water partition coefficient (Wildman–Crippen LogP) is 3.27. The van der Waals surface area contributed by atoms with Crippen LogP contribution in [0.1, 0.15) is 38.3 Å². The van der Waals surface area contributed by atoms with Gasteiger partial charge in [0.05, 0.1) is 24.2 Å². The van der Waals surface area contributed by atoms with Crippen LogP contribution in [0.2, 0.25) is 0 Å². The number of imide groups is 1. The minimum absolute atomic E-state index is 0.0198. The standard InChI is InChI=1S/C20H21N3O2/c1-13-3-8-17-18(11-13)20(25)23(19(17)24)14(2)15-4-6-16(7-5-15)22-10-9-21-12-22/h3-7,9-10,12,14,17-18H,8,11H2,1-2H3. The molecule has 1 fully saturated rings. The fourth-order valence-corrected chi connectivity index (χ4v) is 3.93. The summed E-state index contributed by atoms with van der Waals surface area (Å²) < 4.78 is 1.92. The fraction of sp³-hybridized carbons (Fsp3) is 0.350.